The summed E-state index contributed by atoms with van der Waals surface area (Å²) in [5.41, 5.74) is 1.32. The third-order valence-corrected chi connectivity index (χ3v) is 4.28. The first kappa shape index (κ1) is 18.5. The molecule has 0 aliphatic carbocycles. The van der Waals surface area contributed by atoms with E-state index in [0.29, 0.717) is 28.4 Å². The Kier molecular flexibility index (Phi) is 5.14. The molecule has 0 fully saturated rings. The second kappa shape index (κ2) is 7.51. The van der Waals surface area contributed by atoms with E-state index in [9.17, 15) is 19.8 Å². The molecule has 0 aliphatic heterocycles. The van der Waals surface area contributed by atoms with Crippen molar-refractivity contribution >= 4 is 40.1 Å². The van der Waals surface area contributed by atoms with Crippen LogP contribution < -0.4 is 10.1 Å². The van der Waals surface area contributed by atoms with Crippen LogP contribution in [0.5, 0.6) is 5.75 Å². The van der Waals surface area contributed by atoms with Crippen LogP contribution in [-0.2, 0) is 6.54 Å². The number of carboxylic acids is 2. The number of ether oxygens (including phenoxy) is 1. The van der Waals surface area contributed by atoms with Crippen molar-refractivity contribution in [3.05, 3.63) is 64.3 Å². The monoisotopic (exact) mass is 386 g/mol. The quantitative estimate of drug-likeness (QED) is 0.589. The Bertz CT molecular complexity index is 1050. The van der Waals surface area contributed by atoms with E-state index >= 15 is 0 Å². The molecule has 3 rings (SSSR count). The van der Waals surface area contributed by atoms with Gasteiger partial charge in [-0.25, -0.2) is 14.6 Å². The number of benzene rings is 2. The average Bonchev–Trinajstić information content (AvgIpc) is 2.65. The number of carbonyl (C=O) groups is 2. The van der Waals surface area contributed by atoms with Crippen molar-refractivity contribution in [2.75, 3.05) is 12.4 Å². The number of carboxylic acid groups (broad SMARTS) is 2. The Morgan fingerprint density at radius 2 is 1.93 bits per heavy atom. The van der Waals surface area contributed by atoms with Crippen molar-refractivity contribution in [3.8, 4) is 5.75 Å². The molecule has 0 unspecified atom stereocenters. The standard InChI is InChI=1S/C19H15ClN2O5/c1-27-16-6-5-10(7-12(16)20)9-21-14-8-15(19(25)26)22-13-4-2-3-11(17(13)14)18(23)24/h2-8H,9H2,1H3,(H,21,22)(H,23,24)(H,25,26). The molecule has 0 bridgehead atoms. The first-order chi connectivity index (χ1) is 12.9. The van der Waals surface area contributed by atoms with Crippen molar-refractivity contribution in [1.29, 1.82) is 0 Å². The molecule has 27 heavy (non-hydrogen) atoms. The lowest BCUT2D eigenvalue weighted by Gasteiger charge is -2.13. The molecule has 0 atom stereocenters. The number of halogens is 1. The van der Waals surface area contributed by atoms with Gasteiger partial charge in [-0.1, -0.05) is 23.7 Å². The van der Waals surface area contributed by atoms with E-state index in [1.807, 2.05) is 0 Å². The third kappa shape index (κ3) is 3.78. The maximum Gasteiger partial charge on any atom is 0.354 e. The van der Waals surface area contributed by atoms with Gasteiger partial charge in [0.05, 0.1) is 23.2 Å². The number of hydrogen-bond acceptors (Lipinski definition) is 5. The number of aromatic nitrogens is 1. The molecule has 0 amide bonds. The highest BCUT2D eigenvalue weighted by Crippen LogP contribution is 2.29. The van der Waals surface area contributed by atoms with Crippen molar-refractivity contribution < 1.29 is 24.5 Å². The second-order valence-corrected chi connectivity index (χ2v) is 6.09. The molecule has 0 saturated carbocycles. The van der Waals surface area contributed by atoms with Gasteiger partial charge in [0, 0.05) is 17.6 Å². The third-order valence-electron chi connectivity index (χ3n) is 3.98. The van der Waals surface area contributed by atoms with E-state index in [2.05, 4.69) is 10.3 Å². The number of nitrogens with one attached hydrogen (secondary N) is 1. The summed E-state index contributed by atoms with van der Waals surface area (Å²) in [6, 6.07) is 11.1. The number of nitrogens with zero attached hydrogens (tertiary/aromatic N) is 1. The predicted molar refractivity (Wildman–Crippen MR) is 101 cm³/mol. The molecule has 0 aliphatic rings. The summed E-state index contributed by atoms with van der Waals surface area (Å²) in [4.78, 5) is 27.0. The minimum Gasteiger partial charge on any atom is -0.495 e. The molecular formula is C19H15ClN2O5. The van der Waals surface area contributed by atoms with Crippen LogP contribution in [0.2, 0.25) is 5.02 Å². The largest absolute Gasteiger partial charge is 0.495 e. The Morgan fingerprint density at radius 3 is 2.56 bits per heavy atom. The molecule has 138 valence electrons. The lowest BCUT2D eigenvalue weighted by atomic mass is 10.1. The fourth-order valence-electron chi connectivity index (χ4n) is 2.73. The average molecular weight is 387 g/mol. The van der Waals surface area contributed by atoms with E-state index in [1.54, 1.807) is 24.3 Å². The van der Waals surface area contributed by atoms with Gasteiger partial charge in [-0.15, -0.1) is 0 Å². The number of rotatable bonds is 6. The molecule has 3 N–H and O–H groups in total. The summed E-state index contributed by atoms with van der Waals surface area (Å²) in [7, 11) is 1.52. The molecule has 7 nitrogen and oxygen atoms in total. The Labute approximate surface area is 159 Å². The van der Waals surface area contributed by atoms with Crippen molar-refractivity contribution in [3.63, 3.8) is 0 Å². The first-order valence-corrected chi connectivity index (χ1v) is 8.25. The van der Waals surface area contributed by atoms with Crippen LogP contribution in [0.4, 0.5) is 5.69 Å². The summed E-state index contributed by atoms with van der Waals surface area (Å²) in [5.74, 6) is -1.79. The van der Waals surface area contributed by atoms with E-state index < -0.39 is 11.9 Å². The number of pyridine rings is 1. The van der Waals surface area contributed by atoms with Crippen LogP contribution in [0.1, 0.15) is 26.4 Å². The summed E-state index contributed by atoms with van der Waals surface area (Å²) in [6.07, 6.45) is 0. The highest BCUT2D eigenvalue weighted by molar-refractivity contribution is 6.32. The minimum absolute atomic E-state index is 0.0344. The van der Waals surface area contributed by atoms with Crippen molar-refractivity contribution in [1.82, 2.24) is 4.98 Å². The summed E-state index contributed by atoms with van der Waals surface area (Å²) in [6.45, 7) is 0.301. The summed E-state index contributed by atoms with van der Waals surface area (Å²) in [5, 5.41) is 22.6. The molecule has 8 heteroatoms. The van der Waals surface area contributed by atoms with Crippen LogP contribution in [0.3, 0.4) is 0 Å². The molecular weight excluding hydrogens is 372 g/mol. The lowest BCUT2D eigenvalue weighted by molar-refractivity contribution is 0.0684. The maximum atomic E-state index is 11.6. The van der Waals surface area contributed by atoms with Gasteiger partial charge in [0.1, 0.15) is 5.75 Å². The first-order valence-electron chi connectivity index (χ1n) is 7.87. The predicted octanol–water partition coefficient (Wildman–Crippen LogP) is 3.91. The topological polar surface area (TPSA) is 109 Å². The maximum absolute atomic E-state index is 11.6. The molecule has 2 aromatic carbocycles. The highest BCUT2D eigenvalue weighted by Gasteiger charge is 2.17. The second-order valence-electron chi connectivity index (χ2n) is 5.69. The highest BCUT2D eigenvalue weighted by atomic mass is 35.5. The smallest absolute Gasteiger partial charge is 0.354 e. The van der Waals surface area contributed by atoms with E-state index in [1.165, 1.54) is 25.3 Å². The number of anilines is 1. The number of methoxy groups -OCH3 is 1. The molecule has 0 saturated heterocycles. The lowest BCUT2D eigenvalue weighted by Crippen LogP contribution is -2.08. The number of hydrogen-bond donors (Lipinski definition) is 3. The van der Waals surface area contributed by atoms with Gasteiger partial charge >= 0.3 is 11.9 Å². The van der Waals surface area contributed by atoms with Gasteiger partial charge in [0.2, 0.25) is 0 Å². The zero-order valence-electron chi connectivity index (χ0n) is 14.2. The van der Waals surface area contributed by atoms with Crippen molar-refractivity contribution in [2.45, 2.75) is 6.54 Å². The van der Waals surface area contributed by atoms with Gasteiger partial charge in [-0.2, -0.15) is 0 Å². The Hall–Kier alpha value is -3.32. The van der Waals surface area contributed by atoms with Gasteiger partial charge in [0.25, 0.3) is 0 Å². The zero-order chi connectivity index (χ0) is 19.6. The Morgan fingerprint density at radius 1 is 1.15 bits per heavy atom. The normalized spacial score (nSPS) is 10.6. The van der Waals surface area contributed by atoms with Gasteiger partial charge in [-0.05, 0) is 35.9 Å². The SMILES string of the molecule is COc1ccc(CNc2cc(C(=O)O)nc3cccc(C(=O)O)c23)cc1Cl. The van der Waals surface area contributed by atoms with Crippen LogP contribution in [-0.4, -0.2) is 34.2 Å². The fourth-order valence-corrected chi connectivity index (χ4v) is 3.01. The van der Waals surface area contributed by atoms with E-state index in [4.69, 9.17) is 16.3 Å². The van der Waals surface area contributed by atoms with E-state index in [-0.39, 0.29) is 16.8 Å². The molecule has 1 aromatic heterocycles. The summed E-state index contributed by atoms with van der Waals surface area (Å²) >= 11 is 6.12. The van der Waals surface area contributed by atoms with Crippen LogP contribution in [0, 0.1) is 0 Å². The van der Waals surface area contributed by atoms with Crippen LogP contribution in [0.15, 0.2) is 42.5 Å². The van der Waals surface area contributed by atoms with Gasteiger partial charge in [-0.3, -0.25) is 0 Å². The number of aromatic carboxylic acids is 2. The Balaban J connectivity index is 2.05. The fraction of sp³-hybridized carbons (Fsp3) is 0.105. The van der Waals surface area contributed by atoms with Gasteiger partial charge < -0.3 is 20.3 Å². The molecule has 0 spiro atoms. The summed E-state index contributed by atoms with van der Waals surface area (Å²) < 4.78 is 5.11. The van der Waals surface area contributed by atoms with Gasteiger partial charge in [0.15, 0.2) is 5.69 Å². The van der Waals surface area contributed by atoms with E-state index in [0.717, 1.165) is 5.56 Å². The van der Waals surface area contributed by atoms with Crippen LogP contribution >= 0.6 is 11.6 Å². The number of fused-ring (bicyclic) bond motifs is 1. The molecule has 1 heterocycles. The minimum atomic E-state index is -1.20. The van der Waals surface area contributed by atoms with Crippen LogP contribution in [0.25, 0.3) is 10.9 Å². The zero-order valence-corrected chi connectivity index (χ0v) is 14.9. The van der Waals surface area contributed by atoms with Crippen molar-refractivity contribution in [2.24, 2.45) is 0 Å². The molecule has 3 aromatic rings. The molecule has 0 radical (unpaired) electrons.